The van der Waals surface area contributed by atoms with Gasteiger partial charge in [0.15, 0.2) is 0 Å². The van der Waals surface area contributed by atoms with Gasteiger partial charge in [-0.2, -0.15) is 26.3 Å². The summed E-state index contributed by atoms with van der Waals surface area (Å²) in [6.45, 7) is -0.0779. The average molecular weight is 510 g/mol. The largest absolute Gasteiger partial charge is 0.462 e. The molecule has 34 heavy (non-hydrogen) atoms. The Kier molecular flexibility index (Phi) is 7.46. The van der Waals surface area contributed by atoms with Crippen LogP contribution in [0.1, 0.15) is 44.5 Å². The van der Waals surface area contributed by atoms with Crippen molar-refractivity contribution in [2.75, 3.05) is 24.6 Å². The number of hydrogen-bond donors (Lipinski definition) is 1. The van der Waals surface area contributed by atoms with Gasteiger partial charge in [-0.05, 0) is 18.9 Å². The van der Waals surface area contributed by atoms with Gasteiger partial charge in [0.1, 0.15) is 9.88 Å². The highest BCUT2D eigenvalue weighted by molar-refractivity contribution is 7.18. The van der Waals surface area contributed by atoms with E-state index in [0.29, 0.717) is 15.4 Å². The summed E-state index contributed by atoms with van der Waals surface area (Å²) in [5, 5.41) is 10.2. The van der Waals surface area contributed by atoms with E-state index in [9.17, 15) is 41.0 Å². The van der Waals surface area contributed by atoms with Crippen molar-refractivity contribution in [2.24, 2.45) is 0 Å². The summed E-state index contributed by atoms with van der Waals surface area (Å²) >= 11 is 0.176. The average Bonchev–Trinajstić information content (AvgIpc) is 3.15. The van der Waals surface area contributed by atoms with Crippen LogP contribution >= 0.6 is 11.3 Å². The highest BCUT2D eigenvalue weighted by Gasteiger charge is 2.49. The summed E-state index contributed by atoms with van der Waals surface area (Å²) in [5.41, 5.74) is -1.85. The molecule has 0 saturated heterocycles. The van der Waals surface area contributed by atoms with Gasteiger partial charge in [0.25, 0.3) is 5.91 Å². The summed E-state index contributed by atoms with van der Waals surface area (Å²) in [6, 6.07) is 8.51. The first-order chi connectivity index (χ1) is 15.8. The fraction of sp³-hybridized carbons (Fsp3) is 0.429. The minimum atomic E-state index is -5.18. The Morgan fingerprint density at radius 2 is 1.74 bits per heavy atom. The SMILES string of the molecule is CCOC(=O)c1sc2c(c1C(F)(F)F)C(=O)N(CCc1ccccc1)C(O)N2CCC(F)(F)F. The third kappa shape index (κ3) is 5.46. The van der Waals surface area contributed by atoms with Gasteiger partial charge in [0.05, 0.1) is 24.2 Å². The topological polar surface area (TPSA) is 70.1 Å². The summed E-state index contributed by atoms with van der Waals surface area (Å²) < 4.78 is 85.4. The Hall–Kier alpha value is -2.80. The molecule has 1 amide bonds. The number of aliphatic hydroxyl groups is 1. The second-order valence-corrected chi connectivity index (χ2v) is 8.34. The highest BCUT2D eigenvalue weighted by atomic mass is 32.1. The van der Waals surface area contributed by atoms with E-state index in [1.165, 1.54) is 6.92 Å². The lowest BCUT2D eigenvalue weighted by Gasteiger charge is -2.41. The van der Waals surface area contributed by atoms with Gasteiger partial charge in [0, 0.05) is 13.1 Å². The van der Waals surface area contributed by atoms with E-state index in [1.807, 2.05) is 0 Å². The lowest BCUT2D eigenvalue weighted by molar-refractivity contribution is -0.139. The first-order valence-corrected chi connectivity index (χ1v) is 10.9. The van der Waals surface area contributed by atoms with Crippen molar-refractivity contribution in [2.45, 2.75) is 38.5 Å². The molecule has 0 aliphatic carbocycles. The molecule has 0 fully saturated rings. The third-order valence-electron chi connectivity index (χ3n) is 5.05. The molecular weight excluding hydrogens is 490 g/mol. The number of thiophene rings is 1. The first kappa shape index (κ1) is 25.8. The van der Waals surface area contributed by atoms with Crippen LogP contribution in [-0.2, 0) is 17.3 Å². The molecule has 1 atom stereocenters. The van der Waals surface area contributed by atoms with E-state index in [1.54, 1.807) is 30.3 Å². The van der Waals surface area contributed by atoms with Crippen LogP contribution in [0.25, 0.3) is 0 Å². The molecule has 2 heterocycles. The number of carbonyl (C=O) groups is 2. The van der Waals surface area contributed by atoms with Crippen molar-refractivity contribution < 1.29 is 45.8 Å². The summed E-state index contributed by atoms with van der Waals surface area (Å²) in [7, 11) is 0. The maximum absolute atomic E-state index is 14.0. The van der Waals surface area contributed by atoms with Crippen LogP contribution in [-0.4, -0.2) is 54.1 Å². The zero-order chi connectivity index (χ0) is 25.3. The summed E-state index contributed by atoms with van der Waals surface area (Å²) in [4.78, 5) is 25.7. The van der Waals surface area contributed by atoms with Gasteiger partial charge in [-0.25, -0.2) is 4.79 Å². The standard InChI is InChI=1S/C21H20F6N2O4S/c1-2-33-18(31)15-14(21(25,26)27)13-16(30)28(10-8-12-6-4-3-5-7-12)19(32)29(17(13)34-15)11-9-20(22,23)24/h3-7,19,32H,2,8-11H2,1H3. The van der Waals surface area contributed by atoms with E-state index < -0.39 is 64.6 Å². The second-order valence-electron chi connectivity index (χ2n) is 7.34. The number of aliphatic hydroxyl groups excluding tert-OH is 1. The molecule has 6 nitrogen and oxygen atoms in total. The number of halogens is 6. The molecule has 1 aromatic heterocycles. The minimum absolute atomic E-state index is 0.127. The van der Waals surface area contributed by atoms with Crippen LogP contribution in [0.3, 0.4) is 0 Å². The zero-order valence-corrected chi connectivity index (χ0v) is 18.6. The fourth-order valence-corrected chi connectivity index (χ4v) is 4.78. The van der Waals surface area contributed by atoms with Crippen molar-refractivity contribution in [1.82, 2.24) is 4.90 Å². The van der Waals surface area contributed by atoms with Crippen LogP contribution in [0.4, 0.5) is 31.3 Å². The molecule has 1 N–H and O–H groups in total. The Morgan fingerprint density at radius 3 is 2.29 bits per heavy atom. The van der Waals surface area contributed by atoms with Crippen molar-refractivity contribution >= 4 is 28.2 Å². The monoisotopic (exact) mass is 510 g/mol. The van der Waals surface area contributed by atoms with E-state index in [4.69, 9.17) is 0 Å². The molecule has 2 aromatic rings. The fourth-order valence-electron chi connectivity index (χ4n) is 3.53. The number of amides is 1. The predicted octanol–water partition coefficient (Wildman–Crippen LogP) is 4.68. The van der Waals surface area contributed by atoms with Gasteiger partial charge in [0.2, 0.25) is 6.35 Å². The molecule has 1 unspecified atom stereocenters. The van der Waals surface area contributed by atoms with Crippen molar-refractivity contribution in [3.63, 3.8) is 0 Å². The van der Waals surface area contributed by atoms with Gasteiger partial charge in [-0.15, -0.1) is 11.3 Å². The van der Waals surface area contributed by atoms with Crippen LogP contribution < -0.4 is 4.90 Å². The molecule has 3 rings (SSSR count). The molecule has 0 radical (unpaired) electrons. The molecule has 0 saturated carbocycles. The number of ether oxygens (including phenoxy) is 1. The van der Waals surface area contributed by atoms with Crippen molar-refractivity contribution in [1.29, 1.82) is 0 Å². The maximum Gasteiger partial charge on any atom is 0.418 e. The lowest BCUT2D eigenvalue weighted by atomic mass is 10.0. The molecule has 0 spiro atoms. The molecule has 186 valence electrons. The highest BCUT2D eigenvalue weighted by Crippen LogP contribution is 2.48. The van der Waals surface area contributed by atoms with Gasteiger partial charge in [-0.1, -0.05) is 30.3 Å². The van der Waals surface area contributed by atoms with Crippen LogP contribution in [0, 0.1) is 0 Å². The molecule has 1 aromatic carbocycles. The van der Waals surface area contributed by atoms with E-state index in [2.05, 4.69) is 4.74 Å². The zero-order valence-electron chi connectivity index (χ0n) is 17.7. The first-order valence-electron chi connectivity index (χ1n) is 10.1. The molecule has 1 aliphatic rings. The number of fused-ring (bicyclic) bond motifs is 1. The Bertz CT molecular complexity index is 1040. The Morgan fingerprint density at radius 1 is 1.09 bits per heavy atom. The minimum Gasteiger partial charge on any atom is -0.462 e. The number of nitrogens with zero attached hydrogens (tertiary/aromatic N) is 2. The van der Waals surface area contributed by atoms with E-state index in [-0.39, 0.29) is 30.9 Å². The smallest absolute Gasteiger partial charge is 0.418 e. The number of benzene rings is 1. The Balaban J connectivity index is 2.10. The van der Waals surface area contributed by atoms with Gasteiger partial charge in [-0.3, -0.25) is 9.69 Å². The van der Waals surface area contributed by atoms with Crippen LogP contribution in [0.2, 0.25) is 0 Å². The molecule has 0 bridgehead atoms. The van der Waals surface area contributed by atoms with Gasteiger partial charge < -0.3 is 14.7 Å². The van der Waals surface area contributed by atoms with E-state index >= 15 is 0 Å². The summed E-state index contributed by atoms with van der Waals surface area (Å²) in [5.74, 6) is -2.59. The Labute approximate surface area is 194 Å². The number of hydrogen-bond acceptors (Lipinski definition) is 6. The number of rotatable bonds is 7. The van der Waals surface area contributed by atoms with Gasteiger partial charge >= 0.3 is 18.3 Å². The van der Waals surface area contributed by atoms with Crippen molar-refractivity contribution in [3.05, 3.63) is 51.9 Å². The lowest BCUT2D eigenvalue weighted by Crippen LogP contribution is -2.56. The third-order valence-corrected chi connectivity index (χ3v) is 6.25. The second kappa shape index (κ2) is 9.82. The quantitative estimate of drug-likeness (QED) is 0.433. The van der Waals surface area contributed by atoms with Crippen molar-refractivity contribution in [3.8, 4) is 0 Å². The van der Waals surface area contributed by atoms with Crippen LogP contribution in [0.15, 0.2) is 30.3 Å². The van der Waals surface area contributed by atoms with E-state index in [0.717, 1.165) is 0 Å². The predicted molar refractivity (Wildman–Crippen MR) is 110 cm³/mol. The number of alkyl halides is 6. The molecule has 13 heteroatoms. The number of esters is 1. The number of anilines is 1. The maximum atomic E-state index is 14.0. The molecular formula is C21H20F6N2O4S. The summed E-state index contributed by atoms with van der Waals surface area (Å²) in [6.07, 6.45) is -13.1. The normalized spacial score (nSPS) is 16.6. The molecule has 1 aliphatic heterocycles. The van der Waals surface area contributed by atoms with Crippen LogP contribution in [0.5, 0.6) is 0 Å². The number of carbonyl (C=O) groups excluding carboxylic acids is 2.